The first-order valence-corrected chi connectivity index (χ1v) is 8.42. The lowest BCUT2D eigenvalue weighted by Gasteiger charge is -2.38. The maximum absolute atomic E-state index is 12.5. The summed E-state index contributed by atoms with van der Waals surface area (Å²) in [6.45, 7) is -1.42. The lowest BCUT2D eigenvalue weighted by Crippen LogP contribution is -2.42. The third-order valence-corrected chi connectivity index (χ3v) is 4.95. The van der Waals surface area contributed by atoms with Gasteiger partial charge in [0.15, 0.2) is 6.61 Å². The van der Waals surface area contributed by atoms with Crippen LogP contribution in [0.5, 0.6) is 5.75 Å². The van der Waals surface area contributed by atoms with Gasteiger partial charge in [-0.1, -0.05) is 36.2 Å². The SMILES string of the molecule is O=C(O)C1(c2ccc(OCC(F)(F)F)c(-c3ccc(Cl)cc3)c2)CCC1. The van der Waals surface area contributed by atoms with Crippen LogP contribution in [-0.4, -0.2) is 23.9 Å². The van der Waals surface area contributed by atoms with Crippen LogP contribution in [0.4, 0.5) is 13.2 Å². The number of carboxylic acids is 1. The highest BCUT2D eigenvalue weighted by Gasteiger charge is 2.46. The van der Waals surface area contributed by atoms with Gasteiger partial charge in [-0.25, -0.2) is 0 Å². The fourth-order valence-electron chi connectivity index (χ4n) is 3.12. The van der Waals surface area contributed by atoms with Gasteiger partial charge in [-0.15, -0.1) is 0 Å². The van der Waals surface area contributed by atoms with Gasteiger partial charge < -0.3 is 9.84 Å². The van der Waals surface area contributed by atoms with E-state index in [-0.39, 0.29) is 5.75 Å². The molecule has 26 heavy (non-hydrogen) atoms. The largest absolute Gasteiger partial charge is 0.483 e. The van der Waals surface area contributed by atoms with Crippen molar-refractivity contribution in [3.8, 4) is 16.9 Å². The van der Waals surface area contributed by atoms with Crippen molar-refractivity contribution in [2.75, 3.05) is 6.61 Å². The molecule has 0 aliphatic heterocycles. The molecule has 3 rings (SSSR count). The fourth-order valence-corrected chi connectivity index (χ4v) is 3.25. The fraction of sp³-hybridized carbons (Fsp3) is 0.316. The standard InChI is InChI=1S/C19H16ClF3O3/c20-14-5-2-12(3-6-14)15-10-13(18(17(24)25)8-1-9-18)4-7-16(15)26-11-19(21,22)23/h2-7,10H,1,8-9,11H2,(H,24,25). The van der Waals surface area contributed by atoms with E-state index in [0.717, 1.165) is 6.42 Å². The van der Waals surface area contributed by atoms with Crippen molar-refractivity contribution in [3.63, 3.8) is 0 Å². The summed E-state index contributed by atoms with van der Waals surface area (Å²) in [6.07, 6.45) is -2.66. The molecule has 0 amide bonds. The zero-order valence-electron chi connectivity index (χ0n) is 13.6. The van der Waals surface area contributed by atoms with Gasteiger partial charge in [-0.3, -0.25) is 4.79 Å². The van der Waals surface area contributed by atoms with Gasteiger partial charge in [0.05, 0.1) is 5.41 Å². The number of hydrogen-bond acceptors (Lipinski definition) is 2. The summed E-state index contributed by atoms with van der Waals surface area (Å²) in [5.41, 5.74) is 0.605. The minimum absolute atomic E-state index is 0.0493. The summed E-state index contributed by atoms with van der Waals surface area (Å²) in [5.74, 6) is -0.872. The molecule has 0 heterocycles. The second-order valence-corrected chi connectivity index (χ2v) is 6.80. The van der Waals surface area contributed by atoms with Gasteiger partial charge in [0.2, 0.25) is 0 Å². The van der Waals surface area contributed by atoms with Crippen LogP contribution in [0.25, 0.3) is 11.1 Å². The van der Waals surface area contributed by atoms with Crippen LogP contribution >= 0.6 is 11.6 Å². The average Bonchev–Trinajstić information content (AvgIpc) is 2.52. The molecular formula is C19H16ClF3O3. The molecule has 0 aromatic heterocycles. The summed E-state index contributed by atoms with van der Waals surface area (Å²) in [7, 11) is 0. The predicted octanol–water partition coefficient (Wildman–Crippen LogP) is 5.45. The van der Waals surface area contributed by atoms with E-state index in [1.165, 1.54) is 6.07 Å². The van der Waals surface area contributed by atoms with E-state index >= 15 is 0 Å². The molecule has 1 fully saturated rings. The van der Waals surface area contributed by atoms with Gasteiger partial charge in [-0.05, 0) is 48.2 Å². The van der Waals surface area contributed by atoms with Crippen LogP contribution in [0.15, 0.2) is 42.5 Å². The zero-order valence-corrected chi connectivity index (χ0v) is 14.4. The first-order valence-electron chi connectivity index (χ1n) is 8.05. The number of hydrogen-bond donors (Lipinski definition) is 1. The highest BCUT2D eigenvalue weighted by Crippen LogP contribution is 2.46. The summed E-state index contributed by atoms with van der Waals surface area (Å²) in [5, 5.41) is 10.1. The second-order valence-electron chi connectivity index (χ2n) is 6.36. The van der Waals surface area contributed by atoms with Crippen LogP contribution in [0, 0.1) is 0 Å². The Kier molecular flexibility index (Phi) is 4.88. The van der Waals surface area contributed by atoms with Crippen molar-refractivity contribution in [2.45, 2.75) is 30.9 Å². The number of ether oxygens (including phenoxy) is 1. The van der Waals surface area contributed by atoms with Crippen LogP contribution in [-0.2, 0) is 10.2 Å². The molecule has 0 bridgehead atoms. The molecule has 0 radical (unpaired) electrons. The van der Waals surface area contributed by atoms with E-state index in [1.54, 1.807) is 36.4 Å². The third kappa shape index (κ3) is 3.65. The van der Waals surface area contributed by atoms with Crippen molar-refractivity contribution >= 4 is 17.6 Å². The maximum Gasteiger partial charge on any atom is 0.422 e. The van der Waals surface area contributed by atoms with E-state index in [4.69, 9.17) is 16.3 Å². The Bertz CT molecular complexity index is 812. The Morgan fingerprint density at radius 1 is 1.15 bits per heavy atom. The summed E-state index contributed by atoms with van der Waals surface area (Å²) < 4.78 is 42.6. The molecule has 1 aliphatic carbocycles. The third-order valence-electron chi connectivity index (χ3n) is 4.70. The minimum atomic E-state index is -4.47. The Labute approximate surface area is 153 Å². The molecule has 2 aromatic rings. The van der Waals surface area contributed by atoms with Crippen molar-refractivity contribution in [1.29, 1.82) is 0 Å². The van der Waals surface area contributed by atoms with Crippen LogP contribution in [0.2, 0.25) is 5.02 Å². The van der Waals surface area contributed by atoms with Crippen LogP contribution in [0.3, 0.4) is 0 Å². The van der Waals surface area contributed by atoms with E-state index in [0.29, 0.717) is 34.6 Å². The molecule has 138 valence electrons. The molecule has 0 unspecified atom stereocenters. The Morgan fingerprint density at radius 2 is 1.81 bits per heavy atom. The first-order chi connectivity index (χ1) is 12.2. The average molecular weight is 385 g/mol. The molecule has 0 saturated heterocycles. The van der Waals surface area contributed by atoms with Crippen molar-refractivity contribution in [3.05, 3.63) is 53.1 Å². The monoisotopic (exact) mass is 384 g/mol. The van der Waals surface area contributed by atoms with E-state index in [9.17, 15) is 23.1 Å². The Balaban J connectivity index is 2.05. The Morgan fingerprint density at radius 3 is 2.31 bits per heavy atom. The predicted molar refractivity (Wildman–Crippen MR) is 91.6 cm³/mol. The number of benzene rings is 2. The van der Waals surface area contributed by atoms with E-state index in [1.807, 2.05) is 0 Å². The molecule has 2 aromatic carbocycles. The van der Waals surface area contributed by atoms with Gasteiger partial charge in [0.25, 0.3) is 0 Å². The second kappa shape index (κ2) is 6.83. The maximum atomic E-state index is 12.5. The van der Waals surface area contributed by atoms with Crippen molar-refractivity contribution in [2.24, 2.45) is 0 Å². The number of rotatable bonds is 5. The molecule has 0 atom stereocenters. The van der Waals surface area contributed by atoms with Gasteiger partial charge in [-0.2, -0.15) is 13.2 Å². The molecule has 7 heteroatoms. The molecule has 3 nitrogen and oxygen atoms in total. The van der Waals surface area contributed by atoms with Crippen LogP contribution in [0.1, 0.15) is 24.8 Å². The molecule has 1 saturated carbocycles. The summed E-state index contributed by atoms with van der Waals surface area (Å²) >= 11 is 5.88. The molecule has 1 N–H and O–H groups in total. The smallest absolute Gasteiger partial charge is 0.422 e. The Hall–Kier alpha value is -2.21. The number of aliphatic carboxylic acids is 1. The van der Waals surface area contributed by atoms with Crippen molar-refractivity contribution in [1.82, 2.24) is 0 Å². The molecule has 1 aliphatic rings. The highest BCUT2D eigenvalue weighted by atomic mass is 35.5. The van der Waals surface area contributed by atoms with Crippen LogP contribution < -0.4 is 4.74 Å². The number of carbonyl (C=O) groups is 1. The number of alkyl halides is 3. The van der Waals surface area contributed by atoms with Crippen molar-refractivity contribution < 1.29 is 27.8 Å². The molecule has 0 spiro atoms. The normalized spacial score (nSPS) is 16.0. The number of carboxylic acid groups (broad SMARTS) is 1. The summed E-state index contributed by atoms with van der Waals surface area (Å²) in [6, 6.07) is 11.1. The first kappa shape index (κ1) is 18.6. The quantitative estimate of drug-likeness (QED) is 0.745. The van der Waals surface area contributed by atoms with Gasteiger partial charge in [0, 0.05) is 10.6 Å². The lowest BCUT2D eigenvalue weighted by molar-refractivity contribution is -0.153. The van der Waals surface area contributed by atoms with E-state index < -0.39 is 24.2 Å². The lowest BCUT2D eigenvalue weighted by atomic mass is 9.64. The minimum Gasteiger partial charge on any atom is -0.483 e. The number of halogens is 4. The topological polar surface area (TPSA) is 46.5 Å². The van der Waals surface area contributed by atoms with E-state index in [2.05, 4.69) is 0 Å². The summed E-state index contributed by atoms with van der Waals surface area (Å²) in [4.78, 5) is 11.7. The zero-order chi connectivity index (χ0) is 18.9. The van der Waals surface area contributed by atoms with Gasteiger partial charge >= 0.3 is 12.1 Å². The molecular weight excluding hydrogens is 369 g/mol. The van der Waals surface area contributed by atoms with Gasteiger partial charge in [0.1, 0.15) is 5.75 Å². The highest BCUT2D eigenvalue weighted by molar-refractivity contribution is 6.30.